The molecule has 0 N–H and O–H groups in total. The van der Waals surface area contributed by atoms with E-state index in [9.17, 15) is 9.59 Å². The summed E-state index contributed by atoms with van der Waals surface area (Å²) in [5.74, 6) is 0.216. The largest absolute Gasteiger partial charge is 0.351 e. The SMILES string of the molecule is CCC(=O)N1CC[C@@]23OC[C@@H](c4ccccc4)N2C(=O)C[C@@H]13. The fourth-order valence-corrected chi connectivity index (χ4v) is 4.27. The first-order valence-electron chi connectivity index (χ1n) is 7.98. The number of nitrogens with zero attached hydrogens (tertiary/aromatic N) is 2. The number of carbonyl (C=O) groups is 2. The molecular weight excluding hydrogens is 280 g/mol. The third-order valence-electron chi connectivity index (χ3n) is 5.26. The average Bonchev–Trinajstić information content (AvgIpc) is 3.17. The van der Waals surface area contributed by atoms with Crippen molar-refractivity contribution in [1.82, 2.24) is 9.80 Å². The lowest BCUT2D eigenvalue weighted by Crippen LogP contribution is -2.49. The number of hydrogen-bond donors (Lipinski definition) is 0. The summed E-state index contributed by atoms with van der Waals surface area (Å²) >= 11 is 0. The Kier molecular flexibility index (Phi) is 3.01. The van der Waals surface area contributed by atoms with Gasteiger partial charge < -0.3 is 14.5 Å². The number of likely N-dealkylation sites (tertiary alicyclic amines) is 1. The Morgan fingerprint density at radius 1 is 1.36 bits per heavy atom. The van der Waals surface area contributed by atoms with E-state index < -0.39 is 5.72 Å². The van der Waals surface area contributed by atoms with E-state index in [1.165, 1.54) is 0 Å². The van der Waals surface area contributed by atoms with Crippen molar-refractivity contribution in [2.75, 3.05) is 13.2 Å². The molecule has 0 aromatic heterocycles. The Hall–Kier alpha value is -1.88. The molecule has 0 aliphatic carbocycles. The third-order valence-corrected chi connectivity index (χ3v) is 5.26. The predicted octanol–water partition coefficient (Wildman–Crippen LogP) is 1.70. The minimum absolute atomic E-state index is 0.0321. The number of benzene rings is 1. The zero-order valence-corrected chi connectivity index (χ0v) is 12.7. The standard InChI is InChI=1S/C17H20N2O3/c1-2-15(20)18-9-8-17-14(18)10-16(21)19(17)13(11-22-17)12-6-4-3-5-7-12/h3-7,13-14H,2,8-11H2,1H3/t13-,14+,17-/m0/s1. The van der Waals surface area contributed by atoms with Crippen LogP contribution in [-0.2, 0) is 14.3 Å². The molecule has 3 aliphatic heterocycles. The molecule has 1 aromatic rings. The van der Waals surface area contributed by atoms with Crippen molar-refractivity contribution in [2.24, 2.45) is 0 Å². The first-order chi connectivity index (χ1) is 10.7. The maximum atomic E-state index is 12.6. The summed E-state index contributed by atoms with van der Waals surface area (Å²) in [4.78, 5) is 28.5. The van der Waals surface area contributed by atoms with Crippen LogP contribution in [0.25, 0.3) is 0 Å². The highest BCUT2D eigenvalue weighted by Crippen LogP contribution is 2.51. The molecule has 3 heterocycles. The van der Waals surface area contributed by atoms with E-state index >= 15 is 0 Å². The summed E-state index contributed by atoms with van der Waals surface area (Å²) in [6.07, 6.45) is 1.58. The molecule has 0 unspecified atom stereocenters. The van der Waals surface area contributed by atoms with Gasteiger partial charge in [-0.2, -0.15) is 0 Å². The smallest absolute Gasteiger partial charge is 0.227 e. The second-order valence-corrected chi connectivity index (χ2v) is 6.26. The average molecular weight is 300 g/mol. The van der Waals surface area contributed by atoms with Crippen molar-refractivity contribution >= 4 is 11.8 Å². The van der Waals surface area contributed by atoms with Crippen LogP contribution in [-0.4, -0.2) is 46.5 Å². The van der Waals surface area contributed by atoms with Crippen molar-refractivity contribution < 1.29 is 14.3 Å². The van der Waals surface area contributed by atoms with Gasteiger partial charge in [-0.25, -0.2) is 0 Å². The van der Waals surface area contributed by atoms with Crippen molar-refractivity contribution in [1.29, 1.82) is 0 Å². The van der Waals surface area contributed by atoms with E-state index in [0.29, 0.717) is 26.0 Å². The van der Waals surface area contributed by atoms with Gasteiger partial charge in [-0.15, -0.1) is 0 Å². The highest BCUT2D eigenvalue weighted by atomic mass is 16.5. The van der Waals surface area contributed by atoms with Crippen LogP contribution < -0.4 is 0 Å². The Labute approximate surface area is 129 Å². The minimum Gasteiger partial charge on any atom is -0.351 e. The zero-order chi connectivity index (χ0) is 15.3. The highest BCUT2D eigenvalue weighted by molar-refractivity contribution is 5.85. The summed E-state index contributed by atoms with van der Waals surface area (Å²) < 4.78 is 6.16. The van der Waals surface area contributed by atoms with Crippen molar-refractivity contribution in [3.05, 3.63) is 35.9 Å². The molecule has 1 spiro atoms. The minimum atomic E-state index is -0.595. The lowest BCUT2D eigenvalue weighted by atomic mass is 10.0. The van der Waals surface area contributed by atoms with Crippen LogP contribution in [0.1, 0.15) is 37.8 Å². The normalized spacial score (nSPS) is 33.2. The van der Waals surface area contributed by atoms with E-state index in [2.05, 4.69) is 0 Å². The van der Waals surface area contributed by atoms with E-state index in [-0.39, 0.29) is 23.9 Å². The lowest BCUT2D eigenvalue weighted by molar-refractivity contribution is -0.141. The van der Waals surface area contributed by atoms with Gasteiger partial charge in [-0.05, 0) is 5.56 Å². The molecule has 0 bridgehead atoms. The van der Waals surface area contributed by atoms with E-state index in [1.807, 2.05) is 47.1 Å². The fourth-order valence-electron chi connectivity index (χ4n) is 4.27. The topological polar surface area (TPSA) is 49.9 Å². The lowest BCUT2D eigenvalue weighted by Gasteiger charge is -2.33. The van der Waals surface area contributed by atoms with Crippen LogP contribution in [0.2, 0.25) is 0 Å². The molecule has 3 atom stereocenters. The van der Waals surface area contributed by atoms with Gasteiger partial charge in [0.25, 0.3) is 0 Å². The Morgan fingerprint density at radius 3 is 2.86 bits per heavy atom. The Morgan fingerprint density at radius 2 is 2.14 bits per heavy atom. The molecule has 0 radical (unpaired) electrons. The molecule has 1 aromatic carbocycles. The van der Waals surface area contributed by atoms with Gasteiger partial charge in [0.1, 0.15) is 0 Å². The van der Waals surface area contributed by atoms with Crippen molar-refractivity contribution in [3.8, 4) is 0 Å². The van der Waals surface area contributed by atoms with Crippen LogP contribution in [0.4, 0.5) is 0 Å². The van der Waals surface area contributed by atoms with E-state index in [4.69, 9.17) is 4.74 Å². The molecular formula is C17H20N2O3. The van der Waals surface area contributed by atoms with Crippen LogP contribution in [0, 0.1) is 0 Å². The van der Waals surface area contributed by atoms with Gasteiger partial charge in [0.2, 0.25) is 11.8 Å². The number of rotatable bonds is 2. The Bertz CT molecular complexity index is 618. The van der Waals surface area contributed by atoms with Crippen LogP contribution in [0.5, 0.6) is 0 Å². The molecule has 116 valence electrons. The van der Waals surface area contributed by atoms with Crippen LogP contribution in [0.3, 0.4) is 0 Å². The van der Waals surface area contributed by atoms with Gasteiger partial charge in [-0.3, -0.25) is 9.59 Å². The molecule has 2 amide bonds. The second kappa shape index (κ2) is 4.81. The summed E-state index contributed by atoms with van der Waals surface area (Å²) in [7, 11) is 0. The molecule has 3 aliphatic rings. The van der Waals surface area contributed by atoms with Gasteiger partial charge in [0, 0.05) is 19.4 Å². The predicted molar refractivity (Wildman–Crippen MR) is 79.7 cm³/mol. The molecule has 0 saturated carbocycles. The summed E-state index contributed by atoms with van der Waals surface area (Å²) in [6.45, 7) is 3.06. The zero-order valence-electron chi connectivity index (χ0n) is 12.7. The molecule has 22 heavy (non-hydrogen) atoms. The Balaban J connectivity index is 1.69. The van der Waals surface area contributed by atoms with Crippen LogP contribution >= 0.6 is 0 Å². The van der Waals surface area contributed by atoms with Gasteiger partial charge in [0.15, 0.2) is 5.72 Å². The molecule has 5 heteroatoms. The molecule has 4 rings (SSSR count). The number of carbonyl (C=O) groups excluding carboxylic acids is 2. The molecule has 3 saturated heterocycles. The highest BCUT2D eigenvalue weighted by Gasteiger charge is 2.65. The molecule has 5 nitrogen and oxygen atoms in total. The summed E-state index contributed by atoms with van der Waals surface area (Å²) in [5, 5.41) is 0. The van der Waals surface area contributed by atoms with E-state index in [1.54, 1.807) is 0 Å². The van der Waals surface area contributed by atoms with Gasteiger partial charge in [0.05, 0.1) is 25.1 Å². The third kappa shape index (κ3) is 1.69. The van der Waals surface area contributed by atoms with Crippen molar-refractivity contribution in [3.63, 3.8) is 0 Å². The molecule has 3 fully saturated rings. The fraction of sp³-hybridized carbons (Fsp3) is 0.529. The quantitative estimate of drug-likeness (QED) is 0.835. The van der Waals surface area contributed by atoms with E-state index in [0.717, 1.165) is 12.0 Å². The van der Waals surface area contributed by atoms with Gasteiger partial charge in [-0.1, -0.05) is 37.3 Å². The van der Waals surface area contributed by atoms with Crippen molar-refractivity contribution in [2.45, 2.75) is 44.0 Å². The van der Waals surface area contributed by atoms with Gasteiger partial charge >= 0.3 is 0 Å². The second-order valence-electron chi connectivity index (χ2n) is 6.26. The first-order valence-corrected chi connectivity index (χ1v) is 7.98. The maximum Gasteiger partial charge on any atom is 0.227 e. The monoisotopic (exact) mass is 300 g/mol. The van der Waals surface area contributed by atoms with Crippen LogP contribution in [0.15, 0.2) is 30.3 Å². The number of amides is 2. The first kappa shape index (κ1) is 13.8. The summed E-state index contributed by atoms with van der Waals surface area (Å²) in [6, 6.07) is 9.87. The number of hydrogen-bond acceptors (Lipinski definition) is 3. The maximum absolute atomic E-state index is 12.6. The summed E-state index contributed by atoms with van der Waals surface area (Å²) in [5.41, 5.74) is 0.510. The number of ether oxygens (including phenoxy) is 1.